The molecule has 1 aromatic heterocycles. The molecule has 1 N–H and O–H groups in total. The van der Waals surface area contributed by atoms with E-state index in [1.165, 1.54) is 63.6 Å². The minimum absolute atomic E-state index is 0.399. The Morgan fingerprint density at radius 1 is 0.966 bits per heavy atom. The van der Waals surface area contributed by atoms with Crippen molar-refractivity contribution in [1.29, 1.82) is 0 Å². The second kappa shape index (κ2) is 10.2. The molecule has 2 aliphatic rings. The van der Waals surface area contributed by atoms with Crippen LogP contribution in [0.3, 0.4) is 0 Å². The normalized spacial score (nSPS) is 21.5. The van der Waals surface area contributed by atoms with Crippen molar-refractivity contribution in [3.63, 3.8) is 0 Å². The molecular formula is C25H35N3O. The molecule has 2 aromatic rings. The van der Waals surface area contributed by atoms with Crippen LogP contribution >= 0.6 is 0 Å². The van der Waals surface area contributed by atoms with Gasteiger partial charge in [0.15, 0.2) is 0 Å². The van der Waals surface area contributed by atoms with Crippen LogP contribution in [0.4, 0.5) is 0 Å². The average Bonchev–Trinajstić information content (AvgIpc) is 2.77. The molecule has 1 aromatic carbocycles. The van der Waals surface area contributed by atoms with Crippen LogP contribution in [0.15, 0.2) is 48.8 Å². The van der Waals surface area contributed by atoms with Gasteiger partial charge in [-0.25, -0.2) is 0 Å². The molecule has 2 fully saturated rings. The number of phenolic OH excluding ortho intramolecular Hbond substituents is 1. The SMILES string of the molecule is Oc1ccccc1CN(Cc1cccnc1)CC1CCCN(C2CCCCC2)C1. The summed E-state index contributed by atoms with van der Waals surface area (Å²) in [4.78, 5) is 9.59. The number of pyridine rings is 1. The molecule has 0 bridgehead atoms. The number of aromatic hydroxyl groups is 1. The Kier molecular flexibility index (Phi) is 7.18. The van der Waals surface area contributed by atoms with Crippen molar-refractivity contribution >= 4 is 0 Å². The number of hydrogen-bond donors (Lipinski definition) is 1. The molecule has 1 saturated carbocycles. The van der Waals surface area contributed by atoms with Gasteiger partial charge < -0.3 is 10.0 Å². The van der Waals surface area contributed by atoms with E-state index in [1.54, 1.807) is 6.07 Å². The lowest BCUT2D eigenvalue weighted by molar-refractivity contribution is 0.0769. The van der Waals surface area contributed by atoms with Gasteiger partial charge in [0.25, 0.3) is 0 Å². The van der Waals surface area contributed by atoms with Crippen molar-refractivity contribution in [1.82, 2.24) is 14.8 Å². The van der Waals surface area contributed by atoms with Crippen molar-refractivity contribution in [2.45, 2.75) is 64.1 Å². The summed E-state index contributed by atoms with van der Waals surface area (Å²) in [7, 11) is 0. The third-order valence-electron chi connectivity index (χ3n) is 6.67. The van der Waals surface area contributed by atoms with Crippen LogP contribution in [0.25, 0.3) is 0 Å². The lowest BCUT2D eigenvalue weighted by Gasteiger charge is -2.41. The van der Waals surface area contributed by atoms with Crippen molar-refractivity contribution < 1.29 is 5.11 Å². The van der Waals surface area contributed by atoms with E-state index in [4.69, 9.17) is 0 Å². The van der Waals surface area contributed by atoms with Crippen LogP contribution in [-0.2, 0) is 13.1 Å². The molecule has 29 heavy (non-hydrogen) atoms. The second-order valence-corrected chi connectivity index (χ2v) is 8.95. The van der Waals surface area contributed by atoms with E-state index in [0.29, 0.717) is 11.7 Å². The summed E-state index contributed by atoms with van der Waals surface area (Å²) in [5, 5.41) is 10.3. The van der Waals surface area contributed by atoms with Crippen LogP contribution in [0.5, 0.6) is 5.75 Å². The van der Waals surface area contributed by atoms with E-state index in [9.17, 15) is 5.11 Å². The first kappa shape index (κ1) is 20.4. The first-order valence-electron chi connectivity index (χ1n) is 11.4. The van der Waals surface area contributed by atoms with Crippen LogP contribution in [-0.4, -0.2) is 45.6 Å². The van der Waals surface area contributed by atoms with E-state index in [2.05, 4.69) is 20.9 Å². The number of piperidine rings is 1. The van der Waals surface area contributed by atoms with Crippen molar-refractivity contribution in [2.75, 3.05) is 19.6 Å². The number of nitrogens with zero attached hydrogens (tertiary/aromatic N) is 3. The molecule has 1 unspecified atom stereocenters. The number of aromatic nitrogens is 1. The Labute approximate surface area is 175 Å². The summed E-state index contributed by atoms with van der Waals surface area (Å²) in [6, 6.07) is 12.7. The molecule has 2 heterocycles. The fourth-order valence-corrected chi connectivity index (χ4v) is 5.21. The van der Waals surface area contributed by atoms with Gasteiger partial charge in [-0.05, 0) is 55.8 Å². The fraction of sp³-hybridized carbons (Fsp3) is 0.560. The van der Waals surface area contributed by atoms with Gasteiger partial charge in [-0.3, -0.25) is 9.88 Å². The lowest BCUT2D eigenvalue weighted by Crippen LogP contribution is -2.46. The minimum Gasteiger partial charge on any atom is -0.508 e. The highest BCUT2D eigenvalue weighted by Crippen LogP contribution is 2.28. The maximum atomic E-state index is 10.3. The second-order valence-electron chi connectivity index (χ2n) is 8.95. The summed E-state index contributed by atoms with van der Waals surface area (Å²) < 4.78 is 0. The summed E-state index contributed by atoms with van der Waals surface area (Å²) >= 11 is 0. The minimum atomic E-state index is 0.399. The van der Waals surface area contributed by atoms with Gasteiger partial charge >= 0.3 is 0 Å². The molecule has 0 amide bonds. The Morgan fingerprint density at radius 3 is 2.62 bits per heavy atom. The number of benzene rings is 1. The van der Waals surface area contributed by atoms with E-state index >= 15 is 0 Å². The fourth-order valence-electron chi connectivity index (χ4n) is 5.21. The van der Waals surface area contributed by atoms with Crippen molar-refractivity contribution in [3.05, 3.63) is 59.9 Å². The predicted molar refractivity (Wildman–Crippen MR) is 118 cm³/mol. The van der Waals surface area contributed by atoms with Crippen LogP contribution in [0, 0.1) is 5.92 Å². The van der Waals surface area contributed by atoms with Gasteiger partial charge in [0.2, 0.25) is 0 Å². The molecule has 4 heteroatoms. The molecule has 1 aliphatic carbocycles. The molecule has 0 spiro atoms. The highest BCUT2D eigenvalue weighted by molar-refractivity contribution is 5.31. The lowest BCUT2D eigenvalue weighted by atomic mass is 9.90. The van der Waals surface area contributed by atoms with Crippen LogP contribution in [0.1, 0.15) is 56.1 Å². The molecule has 4 nitrogen and oxygen atoms in total. The van der Waals surface area contributed by atoms with Crippen molar-refractivity contribution in [3.8, 4) is 5.75 Å². The number of hydrogen-bond acceptors (Lipinski definition) is 4. The summed E-state index contributed by atoms with van der Waals surface area (Å²) in [6.45, 7) is 5.24. The van der Waals surface area contributed by atoms with Gasteiger partial charge in [0, 0.05) is 50.2 Å². The third-order valence-corrected chi connectivity index (χ3v) is 6.67. The van der Waals surface area contributed by atoms with Crippen LogP contribution in [0.2, 0.25) is 0 Å². The third kappa shape index (κ3) is 5.80. The molecular weight excluding hydrogens is 358 g/mol. The number of phenols is 1. The number of rotatable bonds is 7. The topological polar surface area (TPSA) is 39.6 Å². The zero-order valence-electron chi connectivity index (χ0n) is 17.5. The van der Waals surface area contributed by atoms with Gasteiger partial charge in [-0.2, -0.15) is 0 Å². The van der Waals surface area contributed by atoms with Gasteiger partial charge in [0.05, 0.1) is 0 Å². The molecule has 4 rings (SSSR count). The molecule has 1 aliphatic heterocycles. The molecule has 1 saturated heterocycles. The average molecular weight is 394 g/mol. The summed E-state index contributed by atoms with van der Waals surface area (Å²) in [5.41, 5.74) is 2.25. The standard InChI is InChI=1S/C25H35N3O/c29-25-13-5-4-10-23(25)20-27(17-21-8-6-14-26-16-21)18-22-9-7-15-28(19-22)24-11-2-1-3-12-24/h4-6,8,10,13-14,16,22,24,29H,1-3,7,9,11-12,15,17-20H2. The Balaban J connectivity index is 1.43. The summed E-state index contributed by atoms with van der Waals surface area (Å²) in [5.74, 6) is 1.10. The Morgan fingerprint density at radius 2 is 1.83 bits per heavy atom. The van der Waals surface area contributed by atoms with E-state index in [1.807, 2.05) is 36.7 Å². The number of para-hydroxylation sites is 1. The highest BCUT2D eigenvalue weighted by Gasteiger charge is 2.28. The summed E-state index contributed by atoms with van der Waals surface area (Å²) in [6.07, 6.45) is 13.5. The Bertz CT molecular complexity index is 745. The van der Waals surface area contributed by atoms with Crippen molar-refractivity contribution in [2.24, 2.45) is 5.92 Å². The molecule has 156 valence electrons. The maximum Gasteiger partial charge on any atom is 0.120 e. The predicted octanol–water partition coefficient (Wildman–Crippen LogP) is 4.83. The largest absolute Gasteiger partial charge is 0.508 e. The van der Waals surface area contributed by atoms with E-state index in [-0.39, 0.29) is 0 Å². The monoisotopic (exact) mass is 393 g/mol. The van der Waals surface area contributed by atoms with Gasteiger partial charge in [-0.1, -0.05) is 43.5 Å². The number of likely N-dealkylation sites (tertiary alicyclic amines) is 1. The quantitative estimate of drug-likeness (QED) is 0.731. The first-order chi connectivity index (χ1) is 14.3. The highest BCUT2D eigenvalue weighted by atomic mass is 16.3. The van der Waals surface area contributed by atoms with Crippen LogP contribution < -0.4 is 0 Å². The molecule has 1 atom stereocenters. The first-order valence-corrected chi connectivity index (χ1v) is 11.4. The van der Waals surface area contributed by atoms with Gasteiger partial charge in [0.1, 0.15) is 5.75 Å². The zero-order valence-corrected chi connectivity index (χ0v) is 17.5. The van der Waals surface area contributed by atoms with E-state index in [0.717, 1.165) is 31.2 Å². The maximum absolute atomic E-state index is 10.3. The van der Waals surface area contributed by atoms with Gasteiger partial charge in [-0.15, -0.1) is 0 Å². The Hall–Kier alpha value is -1.91. The van der Waals surface area contributed by atoms with E-state index < -0.39 is 0 Å². The molecule has 0 radical (unpaired) electrons. The smallest absolute Gasteiger partial charge is 0.120 e. The zero-order chi connectivity index (χ0) is 19.9.